The summed E-state index contributed by atoms with van der Waals surface area (Å²) in [6, 6.07) is 0. The molecular weight excluding hydrogens is 158 g/mol. The van der Waals surface area contributed by atoms with E-state index in [1.165, 1.54) is 0 Å². The molecule has 1 aliphatic rings. The molecule has 4 nitrogen and oxygen atoms in total. The van der Waals surface area contributed by atoms with Crippen molar-refractivity contribution in [2.45, 2.75) is 32.2 Å². The molecule has 1 rings (SSSR count). The van der Waals surface area contributed by atoms with Gasteiger partial charge in [0.25, 0.3) is 0 Å². The Morgan fingerprint density at radius 1 is 1.50 bits per heavy atom. The van der Waals surface area contributed by atoms with Crippen LogP contribution in [0.1, 0.15) is 26.7 Å². The Bertz CT molecular complexity index is 208. The second-order valence-corrected chi connectivity index (χ2v) is 3.24. The number of rotatable bonds is 2. The summed E-state index contributed by atoms with van der Waals surface area (Å²) in [5, 5.41) is 2.60. The molecule has 12 heavy (non-hydrogen) atoms. The molecular formula is C8H13NO3. The highest BCUT2D eigenvalue weighted by molar-refractivity contribution is 6.32. The zero-order chi connectivity index (χ0) is 9.19. The van der Waals surface area contributed by atoms with Crippen LogP contribution >= 0.6 is 0 Å². The van der Waals surface area contributed by atoms with Gasteiger partial charge >= 0.3 is 11.9 Å². The molecule has 0 aromatic rings. The summed E-state index contributed by atoms with van der Waals surface area (Å²) in [7, 11) is 0. The van der Waals surface area contributed by atoms with E-state index in [0.29, 0.717) is 0 Å². The molecule has 0 bridgehead atoms. The summed E-state index contributed by atoms with van der Waals surface area (Å²) in [4.78, 5) is 21.8. The third-order valence-corrected chi connectivity index (χ3v) is 1.88. The first kappa shape index (κ1) is 9.03. The van der Waals surface area contributed by atoms with Crippen molar-refractivity contribution in [3.8, 4) is 0 Å². The van der Waals surface area contributed by atoms with E-state index in [2.05, 4.69) is 10.1 Å². The molecule has 1 N–H and O–H groups in total. The number of esters is 1. The standard InChI is InChI=1S/C8H13NO3/c1-3-12-7(11)6(10)9-8(2)4-5-8/h3-5H2,1-2H3,(H,9,10). The van der Waals surface area contributed by atoms with E-state index in [-0.39, 0.29) is 12.1 Å². The van der Waals surface area contributed by atoms with Gasteiger partial charge in [-0.25, -0.2) is 4.79 Å². The molecule has 0 atom stereocenters. The number of nitrogens with one attached hydrogen (secondary N) is 1. The number of carbonyl (C=O) groups is 2. The summed E-state index contributed by atoms with van der Waals surface area (Å²) >= 11 is 0. The van der Waals surface area contributed by atoms with Crippen molar-refractivity contribution in [2.24, 2.45) is 0 Å². The number of hydrogen-bond acceptors (Lipinski definition) is 3. The lowest BCUT2D eigenvalue weighted by molar-refractivity contribution is -0.154. The molecule has 1 saturated carbocycles. The smallest absolute Gasteiger partial charge is 0.396 e. The fourth-order valence-electron chi connectivity index (χ4n) is 0.834. The average Bonchev–Trinajstić information content (AvgIpc) is 2.68. The minimum Gasteiger partial charge on any atom is -0.459 e. The second-order valence-electron chi connectivity index (χ2n) is 3.24. The summed E-state index contributed by atoms with van der Waals surface area (Å²) in [5.74, 6) is -1.41. The molecule has 0 aromatic heterocycles. The third kappa shape index (κ3) is 2.22. The first-order valence-corrected chi connectivity index (χ1v) is 4.07. The Labute approximate surface area is 71.3 Å². The van der Waals surface area contributed by atoms with Crippen LogP contribution in [0.15, 0.2) is 0 Å². The monoisotopic (exact) mass is 171 g/mol. The van der Waals surface area contributed by atoms with Crippen LogP contribution in [-0.4, -0.2) is 24.0 Å². The van der Waals surface area contributed by atoms with Crippen LogP contribution in [0.4, 0.5) is 0 Å². The average molecular weight is 171 g/mol. The highest BCUT2D eigenvalue weighted by Crippen LogP contribution is 2.34. The van der Waals surface area contributed by atoms with Crippen LogP contribution in [0.2, 0.25) is 0 Å². The van der Waals surface area contributed by atoms with Crippen molar-refractivity contribution in [3.05, 3.63) is 0 Å². The van der Waals surface area contributed by atoms with Crippen molar-refractivity contribution in [1.29, 1.82) is 0 Å². The largest absolute Gasteiger partial charge is 0.459 e. The van der Waals surface area contributed by atoms with Gasteiger partial charge in [-0.3, -0.25) is 4.79 Å². The normalized spacial score (nSPS) is 18.2. The van der Waals surface area contributed by atoms with E-state index in [1.54, 1.807) is 6.92 Å². The molecule has 4 heteroatoms. The Morgan fingerprint density at radius 3 is 2.50 bits per heavy atom. The number of carbonyl (C=O) groups excluding carboxylic acids is 2. The number of hydrogen-bond donors (Lipinski definition) is 1. The van der Waals surface area contributed by atoms with E-state index < -0.39 is 11.9 Å². The molecule has 0 saturated heterocycles. The van der Waals surface area contributed by atoms with Gasteiger partial charge in [-0.2, -0.15) is 0 Å². The van der Waals surface area contributed by atoms with Gasteiger partial charge < -0.3 is 10.1 Å². The van der Waals surface area contributed by atoms with Gasteiger partial charge in [-0.05, 0) is 26.7 Å². The van der Waals surface area contributed by atoms with Crippen LogP contribution < -0.4 is 5.32 Å². The van der Waals surface area contributed by atoms with Gasteiger partial charge in [0.1, 0.15) is 0 Å². The minimum atomic E-state index is -0.786. The van der Waals surface area contributed by atoms with Crippen molar-refractivity contribution < 1.29 is 14.3 Å². The Morgan fingerprint density at radius 2 is 2.08 bits per heavy atom. The van der Waals surface area contributed by atoms with Crippen LogP contribution in [0.5, 0.6) is 0 Å². The fraction of sp³-hybridized carbons (Fsp3) is 0.750. The third-order valence-electron chi connectivity index (χ3n) is 1.88. The van der Waals surface area contributed by atoms with E-state index in [4.69, 9.17) is 0 Å². The van der Waals surface area contributed by atoms with Gasteiger partial charge in [0.2, 0.25) is 0 Å². The SMILES string of the molecule is CCOC(=O)C(=O)NC1(C)CC1. The van der Waals surface area contributed by atoms with Crippen molar-refractivity contribution in [3.63, 3.8) is 0 Å². The Hall–Kier alpha value is -1.06. The van der Waals surface area contributed by atoms with Crippen LogP contribution in [0.3, 0.4) is 0 Å². The molecule has 0 aromatic carbocycles. The molecule has 0 radical (unpaired) electrons. The zero-order valence-electron chi connectivity index (χ0n) is 7.35. The number of amides is 1. The highest BCUT2D eigenvalue weighted by atomic mass is 16.5. The lowest BCUT2D eigenvalue weighted by Crippen LogP contribution is -2.39. The van der Waals surface area contributed by atoms with E-state index >= 15 is 0 Å². The lowest BCUT2D eigenvalue weighted by atomic mass is 10.3. The Kier molecular flexibility index (Phi) is 2.35. The van der Waals surface area contributed by atoms with Crippen molar-refractivity contribution in [2.75, 3.05) is 6.61 Å². The second kappa shape index (κ2) is 3.13. The fourth-order valence-corrected chi connectivity index (χ4v) is 0.834. The van der Waals surface area contributed by atoms with Gasteiger partial charge in [-0.1, -0.05) is 0 Å². The maximum absolute atomic E-state index is 11.0. The first-order chi connectivity index (χ1) is 5.57. The molecule has 0 spiro atoms. The molecule has 1 amide bonds. The van der Waals surface area contributed by atoms with Gasteiger partial charge in [0.15, 0.2) is 0 Å². The quantitative estimate of drug-likeness (QED) is 0.477. The summed E-state index contributed by atoms with van der Waals surface area (Å²) in [5.41, 5.74) is -0.149. The van der Waals surface area contributed by atoms with Crippen LogP contribution in [0.25, 0.3) is 0 Å². The van der Waals surface area contributed by atoms with Crippen molar-refractivity contribution >= 4 is 11.9 Å². The molecule has 0 aliphatic heterocycles. The van der Waals surface area contributed by atoms with Crippen LogP contribution in [0, 0.1) is 0 Å². The van der Waals surface area contributed by atoms with E-state index in [1.807, 2.05) is 6.92 Å². The zero-order valence-corrected chi connectivity index (χ0v) is 7.35. The summed E-state index contributed by atoms with van der Waals surface area (Å²) < 4.78 is 4.53. The van der Waals surface area contributed by atoms with Crippen LogP contribution in [-0.2, 0) is 14.3 Å². The lowest BCUT2D eigenvalue weighted by Gasteiger charge is -2.09. The summed E-state index contributed by atoms with van der Waals surface area (Å²) in [6.45, 7) is 3.82. The first-order valence-electron chi connectivity index (χ1n) is 4.07. The van der Waals surface area contributed by atoms with Crippen molar-refractivity contribution in [1.82, 2.24) is 5.32 Å². The molecule has 1 aliphatic carbocycles. The van der Waals surface area contributed by atoms with E-state index in [0.717, 1.165) is 12.8 Å². The van der Waals surface area contributed by atoms with E-state index in [9.17, 15) is 9.59 Å². The Balaban J connectivity index is 2.32. The molecule has 0 unspecified atom stereocenters. The summed E-state index contributed by atoms with van der Waals surface area (Å²) in [6.07, 6.45) is 1.89. The molecule has 0 heterocycles. The van der Waals surface area contributed by atoms with Gasteiger partial charge in [0.05, 0.1) is 6.61 Å². The highest BCUT2D eigenvalue weighted by Gasteiger charge is 2.40. The maximum atomic E-state index is 11.0. The topological polar surface area (TPSA) is 55.4 Å². The maximum Gasteiger partial charge on any atom is 0.396 e. The molecule has 68 valence electrons. The predicted octanol–water partition coefficient (Wildman–Crippen LogP) is 0.218. The molecule has 1 fully saturated rings. The van der Waals surface area contributed by atoms with Gasteiger partial charge in [0, 0.05) is 5.54 Å². The predicted molar refractivity (Wildman–Crippen MR) is 42.4 cm³/mol. The van der Waals surface area contributed by atoms with Gasteiger partial charge in [-0.15, -0.1) is 0 Å². The minimum absolute atomic E-state index is 0.149. The number of ether oxygens (including phenoxy) is 1.